The van der Waals surface area contributed by atoms with Crippen LogP contribution in [0.2, 0.25) is 0 Å². The predicted molar refractivity (Wildman–Crippen MR) is 81.6 cm³/mol. The van der Waals surface area contributed by atoms with Gasteiger partial charge in [-0.1, -0.05) is 6.92 Å². The fraction of sp³-hybridized carbons (Fsp3) is 1.00. The maximum absolute atomic E-state index is 6.45. The molecule has 2 aliphatic heterocycles. The topological polar surface area (TPSA) is 44.5 Å². The van der Waals surface area contributed by atoms with Gasteiger partial charge in [-0.2, -0.15) is 11.8 Å². The van der Waals surface area contributed by atoms with Crippen molar-refractivity contribution in [3.63, 3.8) is 0 Å². The lowest BCUT2D eigenvalue weighted by Crippen LogP contribution is -2.47. The van der Waals surface area contributed by atoms with Gasteiger partial charge in [-0.3, -0.25) is 0 Å². The van der Waals surface area contributed by atoms with Crippen LogP contribution >= 0.6 is 11.8 Å². The molecular weight excluding hydrogens is 258 g/mol. The molecule has 0 radical (unpaired) electrons. The van der Waals surface area contributed by atoms with E-state index < -0.39 is 0 Å². The molecule has 112 valence electrons. The molecule has 0 saturated carbocycles. The lowest BCUT2D eigenvalue weighted by atomic mass is 9.77. The van der Waals surface area contributed by atoms with Gasteiger partial charge in [-0.05, 0) is 55.4 Å². The van der Waals surface area contributed by atoms with Gasteiger partial charge in [0.05, 0.1) is 5.60 Å². The van der Waals surface area contributed by atoms with Crippen LogP contribution in [0.3, 0.4) is 0 Å². The molecule has 2 rings (SSSR count). The molecule has 2 heterocycles. The molecule has 0 aliphatic carbocycles. The lowest BCUT2D eigenvalue weighted by molar-refractivity contribution is -0.106. The minimum Gasteiger partial charge on any atom is -0.384 e. The van der Waals surface area contributed by atoms with Gasteiger partial charge in [-0.15, -0.1) is 0 Å². The van der Waals surface area contributed by atoms with Crippen molar-refractivity contribution in [3.8, 4) is 0 Å². The Morgan fingerprint density at radius 2 is 2.16 bits per heavy atom. The van der Waals surface area contributed by atoms with Gasteiger partial charge in [0, 0.05) is 26.4 Å². The SMILES string of the molecule is COCC(C)CC(N)C1CCOC2(CCSCC2)C1. The number of rotatable bonds is 5. The standard InChI is InChI=1S/C15H29NO2S/c1-12(11-17-2)9-14(16)13-3-6-18-15(10-13)4-7-19-8-5-15/h12-14H,3-11,16H2,1-2H3. The van der Waals surface area contributed by atoms with E-state index in [1.54, 1.807) is 7.11 Å². The van der Waals surface area contributed by atoms with Crippen LogP contribution < -0.4 is 5.73 Å². The van der Waals surface area contributed by atoms with Crippen LogP contribution in [0.15, 0.2) is 0 Å². The van der Waals surface area contributed by atoms with E-state index in [0.717, 1.165) is 26.1 Å². The molecule has 0 aromatic carbocycles. The minimum atomic E-state index is 0.163. The van der Waals surface area contributed by atoms with E-state index in [1.165, 1.54) is 30.8 Å². The third kappa shape index (κ3) is 4.35. The van der Waals surface area contributed by atoms with Crippen LogP contribution in [-0.4, -0.2) is 43.5 Å². The van der Waals surface area contributed by atoms with Crippen molar-refractivity contribution in [2.45, 2.75) is 50.7 Å². The molecule has 2 N–H and O–H groups in total. The van der Waals surface area contributed by atoms with Crippen LogP contribution in [0.4, 0.5) is 0 Å². The third-order valence-corrected chi connectivity index (χ3v) is 5.65. The van der Waals surface area contributed by atoms with E-state index in [0.29, 0.717) is 17.9 Å². The number of thioether (sulfide) groups is 1. The fourth-order valence-corrected chi connectivity index (χ4v) is 4.77. The Balaban J connectivity index is 1.85. The van der Waals surface area contributed by atoms with Gasteiger partial charge in [0.2, 0.25) is 0 Å². The summed E-state index contributed by atoms with van der Waals surface area (Å²) in [5.41, 5.74) is 6.62. The highest BCUT2D eigenvalue weighted by atomic mass is 32.2. The highest BCUT2D eigenvalue weighted by molar-refractivity contribution is 7.99. The Hall–Kier alpha value is 0.230. The molecule has 4 heteroatoms. The van der Waals surface area contributed by atoms with E-state index in [4.69, 9.17) is 15.2 Å². The number of ether oxygens (including phenoxy) is 2. The van der Waals surface area contributed by atoms with Crippen LogP contribution in [0.5, 0.6) is 0 Å². The quantitative estimate of drug-likeness (QED) is 0.844. The molecular formula is C15H29NO2S. The molecule has 2 aliphatic rings. The fourth-order valence-electron chi connectivity index (χ4n) is 3.53. The third-order valence-electron chi connectivity index (χ3n) is 4.67. The predicted octanol–water partition coefficient (Wildman–Crippen LogP) is 2.68. The first-order valence-corrected chi connectivity index (χ1v) is 8.77. The summed E-state index contributed by atoms with van der Waals surface area (Å²) in [6, 6.07) is 0.306. The van der Waals surface area contributed by atoms with Crippen LogP contribution in [0.25, 0.3) is 0 Å². The van der Waals surface area contributed by atoms with E-state index in [-0.39, 0.29) is 5.60 Å². The summed E-state index contributed by atoms with van der Waals surface area (Å²) in [7, 11) is 1.77. The summed E-state index contributed by atoms with van der Waals surface area (Å²) in [4.78, 5) is 0. The molecule has 3 nitrogen and oxygen atoms in total. The molecule has 0 aromatic heterocycles. The van der Waals surface area contributed by atoms with Gasteiger partial charge in [0.15, 0.2) is 0 Å². The van der Waals surface area contributed by atoms with Gasteiger partial charge < -0.3 is 15.2 Å². The van der Waals surface area contributed by atoms with Gasteiger partial charge in [0.25, 0.3) is 0 Å². The van der Waals surface area contributed by atoms with Crippen molar-refractivity contribution < 1.29 is 9.47 Å². The van der Waals surface area contributed by atoms with E-state index >= 15 is 0 Å². The van der Waals surface area contributed by atoms with E-state index in [9.17, 15) is 0 Å². The molecule has 1 spiro atoms. The summed E-state index contributed by atoms with van der Waals surface area (Å²) in [5, 5.41) is 0. The highest BCUT2D eigenvalue weighted by Crippen LogP contribution is 2.41. The maximum atomic E-state index is 6.45. The zero-order valence-corrected chi connectivity index (χ0v) is 13.2. The average Bonchev–Trinajstić information content (AvgIpc) is 2.40. The zero-order valence-electron chi connectivity index (χ0n) is 12.4. The van der Waals surface area contributed by atoms with Crippen molar-refractivity contribution in [2.75, 3.05) is 31.8 Å². The molecule has 3 atom stereocenters. The summed E-state index contributed by atoms with van der Waals surface area (Å²) >= 11 is 2.06. The van der Waals surface area contributed by atoms with Crippen molar-refractivity contribution in [1.82, 2.24) is 0 Å². The second-order valence-corrected chi connectivity index (χ2v) is 7.58. The largest absolute Gasteiger partial charge is 0.384 e. The highest BCUT2D eigenvalue weighted by Gasteiger charge is 2.40. The molecule has 0 amide bonds. The van der Waals surface area contributed by atoms with E-state index in [2.05, 4.69) is 18.7 Å². The first kappa shape index (κ1) is 15.6. The first-order chi connectivity index (χ1) is 9.15. The van der Waals surface area contributed by atoms with Gasteiger partial charge in [-0.25, -0.2) is 0 Å². The second kappa shape index (κ2) is 7.30. The van der Waals surface area contributed by atoms with Crippen LogP contribution in [-0.2, 0) is 9.47 Å². The van der Waals surface area contributed by atoms with Crippen molar-refractivity contribution >= 4 is 11.8 Å². The molecule has 0 bridgehead atoms. The average molecular weight is 287 g/mol. The molecule has 3 unspecified atom stereocenters. The van der Waals surface area contributed by atoms with Gasteiger partial charge >= 0.3 is 0 Å². The Bertz CT molecular complexity index is 263. The second-order valence-electron chi connectivity index (χ2n) is 6.36. The van der Waals surface area contributed by atoms with Crippen molar-refractivity contribution in [2.24, 2.45) is 17.6 Å². The smallest absolute Gasteiger partial charge is 0.0701 e. The van der Waals surface area contributed by atoms with Gasteiger partial charge in [0.1, 0.15) is 0 Å². The monoisotopic (exact) mass is 287 g/mol. The summed E-state index contributed by atoms with van der Waals surface area (Å²) in [6.07, 6.45) is 5.82. The number of hydrogen-bond donors (Lipinski definition) is 1. The Labute approximate surface area is 122 Å². The number of methoxy groups -OCH3 is 1. The molecule has 19 heavy (non-hydrogen) atoms. The van der Waals surface area contributed by atoms with Crippen LogP contribution in [0.1, 0.15) is 39.0 Å². The lowest BCUT2D eigenvalue weighted by Gasteiger charge is -2.45. The number of hydrogen-bond acceptors (Lipinski definition) is 4. The Kier molecular flexibility index (Phi) is 6.00. The molecule has 0 aromatic rings. The molecule has 2 saturated heterocycles. The summed E-state index contributed by atoms with van der Waals surface area (Å²) in [6.45, 7) is 3.95. The minimum absolute atomic E-state index is 0.163. The van der Waals surface area contributed by atoms with Crippen molar-refractivity contribution in [3.05, 3.63) is 0 Å². The number of nitrogens with two attached hydrogens (primary N) is 1. The van der Waals surface area contributed by atoms with Crippen LogP contribution in [0, 0.1) is 11.8 Å². The molecule has 2 fully saturated rings. The Morgan fingerprint density at radius 3 is 2.84 bits per heavy atom. The Morgan fingerprint density at radius 1 is 1.42 bits per heavy atom. The summed E-state index contributed by atoms with van der Waals surface area (Å²) in [5.74, 6) is 3.70. The zero-order chi connectivity index (χ0) is 13.7. The first-order valence-electron chi connectivity index (χ1n) is 7.61. The normalized spacial score (nSPS) is 30.2. The van der Waals surface area contributed by atoms with Crippen molar-refractivity contribution in [1.29, 1.82) is 0 Å². The van der Waals surface area contributed by atoms with E-state index in [1.807, 2.05) is 0 Å². The summed E-state index contributed by atoms with van der Waals surface area (Å²) < 4.78 is 11.4. The maximum Gasteiger partial charge on any atom is 0.0701 e.